The zero-order valence-electron chi connectivity index (χ0n) is 17.9. The highest BCUT2D eigenvalue weighted by Crippen LogP contribution is 2.33. The van der Waals surface area contributed by atoms with Gasteiger partial charge in [-0.15, -0.1) is 0 Å². The van der Waals surface area contributed by atoms with E-state index in [4.69, 9.17) is 22.3 Å². The zero-order chi connectivity index (χ0) is 23.2. The Kier molecular flexibility index (Phi) is 7.36. The van der Waals surface area contributed by atoms with Gasteiger partial charge in [0.25, 0.3) is 5.91 Å². The topological polar surface area (TPSA) is 86.3 Å². The molecule has 0 saturated carbocycles. The van der Waals surface area contributed by atoms with Crippen LogP contribution in [0.3, 0.4) is 0 Å². The summed E-state index contributed by atoms with van der Waals surface area (Å²) in [5, 5.41) is 8.72. The number of aromatic amines is 1. The molecule has 0 aliphatic carbocycles. The van der Waals surface area contributed by atoms with Crippen molar-refractivity contribution in [3.8, 4) is 22.5 Å². The number of nitrogens with one attached hydrogen (secondary N) is 1. The molecule has 0 unspecified atom stereocenters. The highest BCUT2D eigenvalue weighted by atomic mass is 32.2. The lowest BCUT2D eigenvalue weighted by Crippen LogP contribution is -2.29. The van der Waals surface area contributed by atoms with E-state index in [0.29, 0.717) is 27.9 Å². The molecule has 8 heteroatoms. The second kappa shape index (κ2) is 10.6. The number of thioether (sulfide) groups is 1. The van der Waals surface area contributed by atoms with Gasteiger partial charge in [0.2, 0.25) is 0 Å². The smallest absolute Gasteiger partial charge is 0.303 e. The van der Waals surface area contributed by atoms with Gasteiger partial charge in [-0.1, -0.05) is 60.7 Å². The van der Waals surface area contributed by atoms with Crippen molar-refractivity contribution < 1.29 is 14.7 Å². The van der Waals surface area contributed by atoms with Crippen LogP contribution in [0.5, 0.6) is 0 Å². The molecule has 3 aromatic rings. The van der Waals surface area contributed by atoms with Gasteiger partial charge in [-0.3, -0.25) is 14.5 Å². The minimum Gasteiger partial charge on any atom is -0.481 e. The Labute approximate surface area is 201 Å². The van der Waals surface area contributed by atoms with Crippen molar-refractivity contribution in [3.63, 3.8) is 0 Å². The van der Waals surface area contributed by atoms with E-state index in [0.717, 1.165) is 35.4 Å². The minimum absolute atomic E-state index is 0.120. The average Bonchev–Trinajstić information content (AvgIpc) is 3.43. The maximum Gasteiger partial charge on any atom is 0.303 e. The Morgan fingerprint density at radius 2 is 1.85 bits per heavy atom. The van der Waals surface area contributed by atoms with Gasteiger partial charge < -0.3 is 10.1 Å². The molecule has 1 fully saturated rings. The molecular weight excluding hydrogens is 454 g/mol. The van der Waals surface area contributed by atoms with Gasteiger partial charge in [0.15, 0.2) is 0 Å². The molecule has 1 aliphatic heterocycles. The Morgan fingerprint density at radius 1 is 1.06 bits per heavy atom. The summed E-state index contributed by atoms with van der Waals surface area (Å²) in [5.74, 6) is -0.916. The van der Waals surface area contributed by atoms with Gasteiger partial charge >= 0.3 is 5.97 Å². The van der Waals surface area contributed by atoms with Crippen LogP contribution in [0, 0.1) is 0 Å². The second-order valence-corrected chi connectivity index (χ2v) is 9.32. The summed E-state index contributed by atoms with van der Waals surface area (Å²) in [6.45, 7) is 0.502. The molecule has 2 N–H and O–H groups in total. The molecule has 0 bridgehead atoms. The maximum absolute atomic E-state index is 12.8. The lowest BCUT2D eigenvalue weighted by Gasteiger charge is -2.13. The number of thiocarbonyl (C=S) groups is 1. The van der Waals surface area contributed by atoms with E-state index in [1.165, 1.54) is 11.8 Å². The summed E-state index contributed by atoms with van der Waals surface area (Å²) in [6, 6.07) is 17.9. The average molecular weight is 478 g/mol. The Balaban J connectivity index is 1.43. The van der Waals surface area contributed by atoms with Gasteiger partial charge in [0.05, 0.1) is 16.3 Å². The number of hydrogen-bond acceptors (Lipinski definition) is 5. The summed E-state index contributed by atoms with van der Waals surface area (Å²) in [5.41, 5.74) is 4.69. The molecule has 1 saturated heterocycles. The highest BCUT2D eigenvalue weighted by molar-refractivity contribution is 8.26. The van der Waals surface area contributed by atoms with Gasteiger partial charge in [-0.25, -0.2) is 4.98 Å². The third-order valence-electron chi connectivity index (χ3n) is 5.29. The lowest BCUT2D eigenvalue weighted by molar-refractivity contribution is -0.137. The number of hydrogen-bond donors (Lipinski definition) is 2. The van der Waals surface area contributed by atoms with Crippen molar-refractivity contribution in [3.05, 3.63) is 71.4 Å². The van der Waals surface area contributed by atoms with Crippen molar-refractivity contribution in [2.45, 2.75) is 25.7 Å². The van der Waals surface area contributed by atoms with Crippen LogP contribution >= 0.6 is 24.0 Å². The van der Waals surface area contributed by atoms with Gasteiger partial charge in [-0.2, -0.15) is 0 Å². The van der Waals surface area contributed by atoms with Gasteiger partial charge in [0, 0.05) is 30.4 Å². The Bertz CT molecular complexity index is 1190. The number of aromatic nitrogens is 2. The molecule has 1 aliphatic rings. The van der Waals surface area contributed by atoms with E-state index in [2.05, 4.69) is 17.1 Å². The number of rotatable bonds is 9. The van der Waals surface area contributed by atoms with Crippen molar-refractivity contribution in [2.24, 2.45) is 0 Å². The molecule has 168 valence electrons. The van der Waals surface area contributed by atoms with Crippen LogP contribution in [0.25, 0.3) is 28.6 Å². The predicted octanol–water partition coefficient (Wildman–Crippen LogP) is 5.59. The number of H-pyrrole nitrogens is 1. The van der Waals surface area contributed by atoms with Crippen LogP contribution in [0.4, 0.5) is 0 Å². The fourth-order valence-electron chi connectivity index (χ4n) is 3.57. The number of carbonyl (C=O) groups is 2. The van der Waals surface area contributed by atoms with Crippen LogP contribution in [-0.2, 0) is 9.59 Å². The summed E-state index contributed by atoms with van der Waals surface area (Å²) < 4.78 is 0.528. The number of carboxylic acids is 1. The molecule has 0 atom stereocenters. The molecule has 33 heavy (non-hydrogen) atoms. The monoisotopic (exact) mass is 477 g/mol. The third kappa shape index (κ3) is 5.77. The largest absolute Gasteiger partial charge is 0.481 e. The molecule has 1 amide bonds. The van der Waals surface area contributed by atoms with Crippen LogP contribution < -0.4 is 0 Å². The van der Waals surface area contributed by atoms with E-state index >= 15 is 0 Å². The minimum atomic E-state index is -0.797. The number of carbonyl (C=O) groups excluding carboxylic acids is 1. The molecule has 4 rings (SSSR count). The third-order valence-corrected chi connectivity index (χ3v) is 6.66. The van der Waals surface area contributed by atoms with Gasteiger partial charge in [0.1, 0.15) is 4.32 Å². The lowest BCUT2D eigenvalue weighted by atomic mass is 10.1. The number of amides is 1. The molecule has 6 nitrogen and oxygen atoms in total. The fraction of sp³-hybridized carbons (Fsp3) is 0.200. The zero-order valence-corrected chi connectivity index (χ0v) is 19.5. The molecule has 1 aromatic carbocycles. The molecule has 2 aromatic heterocycles. The van der Waals surface area contributed by atoms with E-state index in [-0.39, 0.29) is 12.3 Å². The first kappa shape index (κ1) is 22.9. The molecule has 0 spiro atoms. The van der Waals surface area contributed by atoms with E-state index in [9.17, 15) is 9.59 Å². The maximum atomic E-state index is 12.8. The van der Waals surface area contributed by atoms with Gasteiger partial charge in [-0.05, 0) is 48.7 Å². The summed E-state index contributed by atoms with van der Waals surface area (Å²) in [6.07, 6.45) is 5.89. The standard InChI is InChI=1S/C25H23N3O3S2/c29-23(30)9-2-1-3-15-28-24(31)22(33-25(28)32)16-19-6-4-7-21(27-19)18-12-10-17(11-13-18)20-8-5-14-26-20/h4-8,10-14,16,26H,1-3,9,15H2,(H,29,30). The number of aliphatic carboxylic acids is 1. The summed E-state index contributed by atoms with van der Waals surface area (Å²) >= 11 is 6.67. The first-order valence-corrected chi connectivity index (χ1v) is 11.9. The molecular formula is C25H23N3O3S2. The van der Waals surface area contributed by atoms with Crippen LogP contribution in [0.1, 0.15) is 31.4 Å². The fourth-order valence-corrected chi connectivity index (χ4v) is 4.87. The van der Waals surface area contributed by atoms with Crippen molar-refractivity contribution in [1.29, 1.82) is 0 Å². The number of benzene rings is 1. The Morgan fingerprint density at radius 3 is 2.58 bits per heavy atom. The van der Waals surface area contributed by atoms with E-state index in [1.807, 2.05) is 48.7 Å². The van der Waals surface area contributed by atoms with Crippen molar-refractivity contribution in [1.82, 2.24) is 14.9 Å². The number of nitrogens with zero attached hydrogens (tertiary/aromatic N) is 2. The summed E-state index contributed by atoms with van der Waals surface area (Å²) in [7, 11) is 0. The van der Waals surface area contributed by atoms with Crippen LogP contribution in [0.2, 0.25) is 0 Å². The normalized spacial score (nSPS) is 14.9. The first-order valence-electron chi connectivity index (χ1n) is 10.7. The second-order valence-electron chi connectivity index (χ2n) is 7.65. The Hall–Kier alpha value is -3.23. The van der Waals surface area contributed by atoms with Crippen LogP contribution in [-0.4, -0.2) is 42.7 Å². The van der Waals surface area contributed by atoms with E-state index in [1.54, 1.807) is 11.0 Å². The molecule has 0 radical (unpaired) electrons. The number of unbranched alkanes of at least 4 members (excludes halogenated alkanes) is 2. The van der Waals surface area contributed by atoms with Crippen LogP contribution in [0.15, 0.2) is 65.7 Å². The molecule has 3 heterocycles. The van der Waals surface area contributed by atoms with E-state index < -0.39 is 5.97 Å². The predicted molar refractivity (Wildman–Crippen MR) is 135 cm³/mol. The van der Waals surface area contributed by atoms with Crippen molar-refractivity contribution >= 4 is 46.3 Å². The number of pyridine rings is 1. The number of carboxylic acid groups (broad SMARTS) is 1. The highest BCUT2D eigenvalue weighted by Gasteiger charge is 2.31. The SMILES string of the molecule is O=C(O)CCCCCN1C(=O)C(=Cc2cccc(-c3ccc(-c4ccc[nH]4)cc3)n2)SC1=S. The van der Waals surface area contributed by atoms with Crippen molar-refractivity contribution in [2.75, 3.05) is 6.54 Å². The summed E-state index contributed by atoms with van der Waals surface area (Å²) in [4.78, 5) is 33.5. The first-order chi connectivity index (χ1) is 16.0. The quantitative estimate of drug-likeness (QED) is 0.237.